The van der Waals surface area contributed by atoms with Gasteiger partial charge in [-0.25, -0.2) is 9.67 Å². The number of allylic oxidation sites excluding steroid dienone is 1. The number of nitrogens with one attached hydrogen (secondary N) is 1. The smallest absolute Gasteiger partial charge is 0.290 e. The number of aliphatic hydroxyl groups excluding tert-OH is 1. The van der Waals surface area contributed by atoms with Crippen LogP contribution in [0.25, 0.3) is 0 Å². The van der Waals surface area contributed by atoms with Crippen LogP contribution < -0.4 is 5.32 Å². The van der Waals surface area contributed by atoms with E-state index in [9.17, 15) is 9.90 Å². The molecule has 0 spiro atoms. The Balaban J connectivity index is 1.48. The van der Waals surface area contributed by atoms with Gasteiger partial charge in [-0.2, -0.15) is 0 Å². The molecule has 2 aromatic rings. The number of hydrogen-bond acceptors (Lipinski definition) is 4. The first-order valence-electron chi connectivity index (χ1n) is 8.81. The van der Waals surface area contributed by atoms with Crippen LogP contribution in [0.5, 0.6) is 0 Å². The summed E-state index contributed by atoms with van der Waals surface area (Å²) in [6.45, 7) is 0.864. The highest BCUT2D eigenvalue weighted by Gasteiger charge is 2.14. The number of nitrogens with zero attached hydrogens (tertiary/aromatic N) is 3. The first kappa shape index (κ1) is 17.4. The number of benzene rings is 1. The lowest BCUT2D eigenvalue weighted by atomic mass is 9.97. The standard InChI is InChI=1S/C19H24N4O2/c24-17(16-9-5-2-6-10-16)13-23-14-21-18(22-23)19(25)20-12-11-15-7-3-1-4-8-15/h2,5-7,9-10,14,17,24H,1,3-4,8,11-13H2,(H,20,25)/t17-/m1/s1. The summed E-state index contributed by atoms with van der Waals surface area (Å²) in [4.78, 5) is 16.2. The average molecular weight is 340 g/mol. The second-order valence-electron chi connectivity index (χ2n) is 6.33. The fourth-order valence-electron chi connectivity index (χ4n) is 2.99. The first-order valence-corrected chi connectivity index (χ1v) is 8.81. The summed E-state index contributed by atoms with van der Waals surface area (Å²) in [5, 5.41) is 17.2. The van der Waals surface area contributed by atoms with E-state index in [4.69, 9.17) is 0 Å². The Morgan fingerprint density at radius 3 is 2.88 bits per heavy atom. The Morgan fingerprint density at radius 2 is 2.12 bits per heavy atom. The van der Waals surface area contributed by atoms with Crippen molar-refractivity contribution >= 4 is 5.91 Å². The zero-order chi connectivity index (χ0) is 17.5. The van der Waals surface area contributed by atoms with E-state index in [0.717, 1.165) is 24.8 Å². The summed E-state index contributed by atoms with van der Waals surface area (Å²) >= 11 is 0. The van der Waals surface area contributed by atoms with Gasteiger partial charge in [0.05, 0.1) is 12.6 Å². The lowest BCUT2D eigenvalue weighted by Gasteiger charge is -2.12. The van der Waals surface area contributed by atoms with Crippen molar-refractivity contribution in [2.75, 3.05) is 6.54 Å². The van der Waals surface area contributed by atoms with E-state index in [0.29, 0.717) is 6.54 Å². The molecule has 1 aliphatic rings. The highest BCUT2D eigenvalue weighted by atomic mass is 16.3. The molecule has 1 aromatic carbocycles. The van der Waals surface area contributed by atoms with E-state index in [2.05, 4.69) is 21.5 Å². The van der Waals surface area contributed by atoms with Gasteiger partial charge in [0.1, 0.15) is 6.33 Å². The van der Waals surface area contributed by atoms with Crippen LogP contribution in [0.1, 0.15) is 54.4 Å². The number of hydrogen-bond donors (Lipinski definition) is 2. The molecular formula is C19H24N4O2. The molecule has 6 heteroatoms. The van der Waals surface area contributed by atoms with E-state index in [1.165, 1.54) is 29.4 Å². The molecule has 1 amide bonds. The maximum Gasteiger partial charge on any atom is 0.290 e. The van der Waals surface area contributed by atoms with Gasteiger partial charge in [-0.15, -0.1) is 5.10 Å². The van der Waals surface area contributed by atoms with Crippen molar-refractivity contribution in [2.45, 2.75) is 44.8 Å². The second-order valence-corrected chi connectivity index (χ2v) is 6.33. The van der Waals surface area contributed by atoms with Crippen LogP contribution in [0.4, 0.5) is 0 Å². The molecule has 3 rings (SSSR count). The molecule has 0 unspecified atom stereocenters. The minimum Gasteiger partial charge on any atom is -0.386 e. The summed E-state index contributed by atoms with van der Waals surface area (Å²) < 4.78 is 1.50. The Morgan fingerprint density at radius 1 is 1.28 bits per heavy atom. The molecule has 1 heterocycles. The molecular weight excluding hydrogens is 316 g/mol. The SMILES string of the molecule is O=C(NCCC1=CCCCC1)c1ncn(C[C@@H](O)c2ccccc2)n1. The third kappa shape index (κ3) is 5.00. The van der Waals surface area contributed by atoms with Gasteiger partial charge in [-0.3, -0.25) is 4.79 Å². The molecule has 2 N–H and O–H groups in total. The van der Waals surface area contributed by atoms with Crippen molar-refractivity contribution in [3.8, 4) is 0 Å². The maximum atomic E-state index is 12.1. The Bertz CT molecular complexity index is 724. The maximum absolute atomic E-state index is 12.1. The van der Waals surface area contributed by atoms with Gasteiger partial charge in [0, 0.05) is 6.54 Å². The predicted octanol–water partition coefficient (Wildman–Crippen LogP) is 2.63. The normalized spacial score (nSPS) is 15.5. The van der Waals surface area contributed by atoms with Crippen molar-refractivity contribution in [1.29, 1.82) is 0 Å². The van der Waals surface area contributed by atoms with Gasteiger partial charge < -0.3 is 10.4 Å². The van der Waals surface area contributed by atoms with Crippen LogP contribution in [0.3, 0.4) is 0 Å². The summed E-state index contributed by atoms with van der Waals surface area (Å²) in [5.74, 6) is -0.137. The molecule has 1 aliphatic carbocycles. The predicted molar refractivity (Wildman–Crippen MR) is 94.9 cm³/mol. The molecule has 132 valence electrons. The van der Waals surface area contributed by atoms with Gasteiger partial charge in [-0.1, -0.05) is 42.0 Å². The second kappa shape index (κ2) is 8.58. The monoisotopic (exact) mass is 340 g/mol. The molecule has 0 saturated carbocycles. The molecule has 1 atom stereocenters. The quantitative estimate of drug-likeness (QED) is 0.759. The van der Waals surface area contributed by atoms with E-state index in [1.54, 1.807) is 0 Å². The van der Waals surface area contributed by atoms with Crippen LogP contribution in [0.15, 0.2) is 48.3 Å². The zero-order valence-electron chi connectivity index (χ0n) is 14.3. The zero-order valence-corrected chi connectivity index (χ0v) is 14.3. The summed E-state index contributed by atoms with van der Waals surface area (Å²) in [5.41, 5.74) is 2.24. The van der Waals surface area contributed by atoms with Crippen LogP contribution in [-0.2, 0) is 6.54 Å². The Labute approximate surface area is 147 Å². The average Bonchev–Trinajstić information content (AvgIpc) is 3.12. The number of carbonyl (C=O) groups is 1. The first-order chi connectivity index (χ1) is 12.2. The minimum absolute atomic E-state index is 0.137. The Kier molecular flexibility index (Phi) is 5.95. The van der Waals surface area contributed by atoms with Crippen molar-refractivity contribution < 1.29 is 9.90 Å². The van der Waals surface area contributed by atoms with Gasteiger partial charge in [0.2, 0.25) is 5.82 Å². The van der Waals surface area contributed by atoms with Gasteiger partial charge in [-0.05, 0) is 37.7 Å². The fourth-order valence-corrected chi connectivity index (χ4v) is 2.99. The fraction of sp³-hybridized carbons (Fsp3) is 0.421. The van der Waals surface area contributed by atoms with Crippen LogP contribution in [-0.4, -0.2) is 32.3 Å². The lowest BCUT2D eigenvalue weighted by Crippen LogP contribution is -2.26. The molecule has 1 aromatic heterocycles. The molecule has 25 heavy (non-hydrogen) atoms. The van der Waals surface area contributed by atoms with Crippen molar-refractivity contribution in [1.82, 2.24) is 20.1 Å². The molecule has 0 bridgehead atoms. The number of amides is 1. The Hall–Kier alpha value is -2.47. The van der Waals surface area contributed by atoms with Crippen molar-refractivity contribution in [3.63, 3.8) is 0 Å². The summed E-state index contributed by atoms with van der Waals surface area (Å²) in [6, 6.07) is 9.36. The number of aromatic nitrogens is 3. The third-order valence-electron chi connectivity index (χ3n) is 4.40. The van der Waals surface area contributed by atoms with Gasteiger partial charge >= 0.3 is 0 Å². The van der Waals surface area contributed by atoms with Crippen molar-refractivity contribution in [3.05, 3.63) is 59.7 Å². The highest BCUT2D eigenvalue weighted by Crippen LogP contribution is 2.19. The minimum atomic E-state index is -0.683. The number of rotatable bonds is 7. The van der Waals surface area contributed by atoms with Crippen molar-refractivity contribution in [2.24, 2.45) is 0 Å². The van der Waals surface area contributed by atoms with Gasteiger partial charge in [0.15, 0.2) is 0 Å². The molecule has 6 nitrogen and oxygen atoms in total. The summed E-state index contributed by atoms with van der Waals surface area (Å²) in [7, 11) is 0. The van der Waals surface area contributed by atoms with E-state index < -0.39 is 6.10 Å². The van der Waals surface area contributed by atoms with Crippen LogP contribution in [0, 0.1) is 0 Å². The van der Waals surface area contributed by atoms with Crippen LogP contribution in [0.2, 0.25) is 0 Å². The topological polar surface area (TPSA) is 80.0 Å². The number of carbonyl (C=O) groups excluding carboxylic acids is 1. The third-order valence-corrected chi connectivity index (χ3v) is 4.40. The van der Waals surface area contributed by atoms with Crippen LogP contribution >= 0.6 is 0 Å². The highest BCUT2D eigenvalue weighted by molar-refractivity contribution is 5.90. The molecule has 0 aliphatic heterocycles. The molecule has 0 fully saturated rings. The number of aliphatic hydroxyl groups is 1. The summed E-state index contributed by atoms with van der Waals surface area (Å²) in [6.07, 6.45) is 8.77. The largest absolute Gasteiger partial charge is 0.386 e. The lowest BCUT2D eigenvalue weighted by molar-refractivity contribution is 0.0941. The van der Waals surface area contributed by atoms with E-state index >= 15 is 0 Å². The molecule has 0 radical (unpaired) electrons. The van der Waals surface area contributed by atoms with Gasteiger partial charge in [0.25, 0.3) is 5.91 Å². The van der Waals surface area contributed by atoms with E-state index in [1.807, 2.05) is 30.3 Å². The van der Waals surface area contributed by atoms with E-state index in [-0.39, 0.29) is 18.3 Å². The molecule has 0 saturated heterocycles.